The number of carbonyl (C=O) groups is 2. The van der Waals surface area contributed by atoms with E-state index in [1.165, 1.54) is 12.1 Å². The molecule has 0 aromatic heterocycles. The molecule has 0 saturated heterocycles. The number of hydrogen-bond acceptors (Lipinski definition) is 5. The van der Waals surface area contributed by atoms with Gasteiger partial charge >= 0.3 is 5.97 Å². The highest BCUT2D eigenvalue weighted by molar-refractivity contribution is 6.07. The second kappa shape index (κ2) is 6.00. The monoisotopic (exact) mass is 236 g/mol. The summed E-state index contributed by atoms with van der Waals surface area (Å²) in [4.78, 5) is 23.4. The largest absolute Gasteiger partial charge is 0.462 e. The van der Waals surface area contributed by atoms with Crippen LogP contribution in [0.2, 0.25) is 0 Å². The average Bonchev–Trinajstić information content (AvgIpc) is 2.29. The van der Waals surface area contributed by atoms with E-state index in [0.717, 1.165) is 0 Å². The Kier molecular flexibility index (Phi) is 4.66. The summed E-state index contributed by atoms with van der Waals surface area (Å²) >= 11 is 0. The number of ether oxygens (including phenoxy) is 1. The molecule has 5 nitrogen and oxygen atoms in total. The Morgan fingerprint density at radius 3 is 2.59 bits per heavy atom. The number of nitrogens with two attached hydrogens (primary N) is 2. The standard InChI is InChI=1S/C12H16N2O3/c1-2-17-12(16)9-4-3-8(14)7-10(9)11(15)5-6-13/h3-4,7H,2,5-6,13-14H2,1H3. The summed E-state index contributed by atoms with van der Waals surface area (Å²) in [6.07, 6.45) is 0.176. The molecule has 1 rings (SSSR count). The highest BCUT2D eigenvalue weighted by Gasteiger charge is 2.17. The van der Waals surface area contributed by atoms with Gasteiger partial charge in [-0.15, -0.1) is 0 Å². The van der Waals surface area contributed by atoms with Crippen LogP contribution in [0.3, 0.4) is 0 Å². The molecule has 0 heterocycles. The van der Waals surface area contributed by atoms with Crippen molar-refractivity contribution in [2.75, 3.05) is 18.9 Å². The lowest BCUT2D eigenvalue weighted by atomic mass is 10.0. The Morgan fingerprint density at radius 1 is 1.29 bits per heavy atom. The average molecular weight is 236 g/mol. The predicted molar refractivity (Wildman–Crippen MR) is 64.8 cm³/mol. The summed E-state index contributed by atoms with van der Waals surface area (Å²) in [6, 6.07) is 4.53. The van der Waals surface area contributed by atoms with Crippen molar-refractivity contribution in [2.45, 2.75) is 13.3 Å². The third-order valence-electron chi connectivity index (χ3n) is 2.21. The SMILES string of the molecule is CCOC(=O)c1ccc(N)cc1C(=O)CCN. The number of hydrogen-bond donors (Lipinski definition) is 2. The van der Waals surface area contributed by atoms with Gasteiger partial charge in [-0.3, -0.25) is 4.79 Å². The summed E-state index contributed by atoms with van der Waals surface area (Å²) in [5.74, 6) is -0.726. The van der Waals surface area contributed by atoms with Crippen LogP contribution in [-0.4, -0.2) is 24.9 Å². The van der Waals surface area contributed by atoms with Crippen LogP contribution in [0.25, 0.3) is 0 Å². The Labute approximate surface area is 99.7 Å². The van der Waals surface area contributed by atoms with E-state index in [0.29, 0.717) is 5.69 Å². The van der Waals surface area contributed by atoms with E-state index in [4.69, 9.17) is 16.2 Å². The Balaban J connectivity index is 3.11. The van der Waals surface area contributed by atoms with Crippen LogP contribution in [0.5, 0.6) is 0 Å². The molecular weight excluding hydrogens is 220 g/mol. The van der Waals surface area contributed by atoms with Crippen molar-refractivity contribution in [1.29, 1.82) is 0 Å². The lowest BCUT2D eigenvalue weighted by molar-refractivity contribution is 0.0523. The van der Waals surface area contributed by atoms with E-state index in [-0.39, 0.29) is 36.5 Å². The molecule has 0 unspecified atom stereocenters. The first-order chi connectivity index (χ1) is 8.10. The smallest absolute Gasteiger partial charge is 0.338 e. The maximum atomic E-state index is 11.8. The fraction of sp³-hybridized carbons (Fsp3) is 0.333. The van der Waals surface area contributed by atoms with Gasteiger partial charge in [0.05, 0.1) is 12.2 Å². The van der Waals surface area contributed by atoms with Crippen molar-refractivity contribution in [3.63, 3.8) is 0 Å². The van der Waals surface area contributed by atoms with Crippen LogP contribution in [0.4, 0.5) is 5.69 Å². The number of nitrogen functional groups attached to an aromatic ring is 1. The van der Waals surface area contributed by atoms with Crippen molar-refractivity contribution in [1.82, 2.24) is 0 Å². The number of ketones is 1. The summed E-state index contributed by atoms with van der Waals surface area (Å²) < 4.78 is 4.87. The number of benzene rings is 1. The zero-order valence-corrected chi connectivity index (χ0v) is 9.73. The van der Waals surface area contributed by atoms with Crippen molar-refractivity contribution in [2.24, 2.45) is 5.73 Å². The van der Waals surface area contributed by atoms with Crippen LogP contribution < -0.4 is 11.5 Å². The molecule has 0 saturated carbocycles. The highest BCUT2D eigenvalue weighted by atomic mass is 16.5. The molecule has 92 valence electrons. The first kappa shape index (κ1) is 13.2. The fourth-order valence-corrected chi connectivity index (χ4v) is 1.45. The molecule has 0 bridgehead atoms. The molecule has 0 amide bonds. The number of carbonyl (C=O) groups excluding carboxylic acids is 2. The second-order valence-corrected chi connectivity index (χ2v) is 3.49. The number of anilines is 1. The van der Waals surface area contributed by atoms with Crippen LogP contribution >= 0.6 is 0 Å². The molecule has 0 aliphatic rings. The van der Waals surface area contributed by atoms with Gasteiger partial charge in [0.15, 0.2) is 5.78 Å². The molecular formula is C12H16N2O3. The first-order valence-corrected chi connectivity index (χ1v) is 5.40. The Hall–Kier alpha value is -1.88. The van der Waals surface area contributed by atoms with Crippen LogP contribution in [0.1, 0.15) is 34.1 Å². The lowest BCUT2D eigenvalue weighted by Gasteiger charge is -2.08. The normalized spacial score (nSPS) is 10.0. The minimum absolute atomic E-state index is 0.176. The van der Waals surface area contributed by atoms with Crippen LogP contribution in [-0.2, 0) is 4.74 Å². The third kappa shape index (κ3) is 3.29. The molecule has 0 aliphatic heterocycles. The molecule has 5 heteroatoms. The number of esters is 1. The molecule has 17 heavy (non-hydrogen) atoms. The summed E-state index contributed by atoms with van der Waals surface area (Å²) in [6.45, 7) is 2.19. The van der Waals surface area contributed by atoms with Crippen LogP contribution in [0, 0.1) is 0 Å². The highest BCUT2D eigenvalue weighted by Crippen LogP contribution is 2.16. The van der Waals surface area contributed by atoms with Gasteiger partial charge in [0, 0.05) is 17.7 Å². The zero-order valence-electron chi connectivity index (χ0n) is 9.73. The van der Waals surface area contributed by atoms with Crippen molar-refractivity contribution in [3.05, 3.63) is 29.3 Å². The van der Waals surface area contributed by atoms with Gasteiger partial charge < -0.3 is 16.2 Å². The fourth-order valence-electron chi connectivity index (χ4n) is 1.45. The molecule has 1 aromatic rings. The third-order valence-corrected chi connectivity index (χ3v) is 2.21. The topological polar surface area (TPSA) is 95.4 Å². The molecule has 0 spiro atoms. The van der Waals surface area contributed by atoms with Gasteiger partial charge in [0.2, 0.25) is 0 Å². The Morgan fingerprint density at radius 2 is 2.00 bits per heavy atom. The minimum atomic E-state index is -0.520. The first-order valence-electron chi connectivity index (χ1n) is 5.40. The predicted octanol–water partition coefficient (Wildman–Crippen LogP) is 0.977. The van der Waals surface area contributed by atoms with Gasteiger partial charge in [-0.05, 0) is 31.7 Å². The van der Waals surface area contributed by atoms with E-state index in [1.807, 2.05) is 0 Å². The molecule has 1 aromatic carbocycles. The summed E-state index contributed by atoms with van der Waals surface area (Å²) in [7, 11) is 0. The van der Waals surface area contributed by atoms with Gasteiger partial charge in [-0.2, -0.15) is 0 Å². The van der Waals surface area contributed by atoms with Gasteiger partial charge in [0.1, 0.15) is 0 Å². The summed E-state index contributed by atoms with van der Waals surface area (Å²) in [5, 5.41) is 0. The number of rotatable bonds is 5. The Bertz CT molecular complexity index is 430. The summed E-state index contributed by atoms with van der Waals surface area (Å²) in [5.41, 5.74) is 11.9. The van der Waals surface area contributed by atoms with Crippen LogP contribution in [0.15, 0.2) is 18.2 Å². The lowest BCUT2D eigenvalue weighted by Crippen LogP contribution is -2.15. The van der Waals surface area contributed by atoms with Crippen molar-refractivity contribution < 1.29 is 14.3 Å². The quantitative estimate of drug-likeness (QED) is 0.451. The van der Waals surface area contributed by atoms with Gasteiger partial charge in [-0.25, -0.2) is 4.79 Å². The number of Topliss-reactive ketones (excluding diaryl/α,β-unsaturated/α-hetero) is 1. The van der Waals surface area contributed by atoms with Gasteiger partial charge in [-0.1, -0.05) is 0 Å². The van der Waals surface area contributed by atoms with E-state index in [9.17, 15) is 9.59 Å². The molecule has 0 fully saturated rings. The second-order valence-electron chi connectivity index (χ2n) is 3.49. The van der Waals surface area contributed by atoms with Crippen molar-refractivity contribution >= 4 is 17.4 Å². The minimum Gasteiger partial charge on any atom is -0.462 e. The van der Waals surface area contributed by atoms with E-state index >= 15 is 0 Å². The van der Waals surface area contributed by atoms with Crippen molar-refractivity contribution in [3.8, 4) is 0 Å². The zero-order chi connectivity index (χ0) is 12.8. The van der Waals surface area contributed by atoms with E-state index in [1.54, 1.807) is 13.0 Å². The molecule has 4 N–H and O–H groups in total. The van der Waals surface area contributed by atoms with E-state index in [2.05, 4.69) is 0 Å². The maximum Gasteiger partial charge on any atom is 0.338 e. The maximum absolute atomic E-state index is 11.8. The van der Waals surface area contributed by atoms with Gasteiger partial charge in [0.25, 0.3) is 0 Å². The molecule has 0 aliphatic carbocycles. The molecule has 0 radical (unpaired) electrons. The molecule has 0 atom stereocenters. The van der Waals surface area contributed by atoms with E-state index < -0.39 is 5.97 Å².